The van der Waals surface area contributed by atoms with Gasteiger partial charge in [0.2, 0.25) is 0 Å². The normalized spacial score (nSPS) is 17.3. The Balaban J connectivity index is 1.43. The molecule has 25 heavy (non-hydrogen) atoms. The average molecular weight is 334 g/mol. The second-order valence-corrected chi connectivity index (χ2v) is 7.33. The number of carbonyl (C=O) groups is 1. The predicted molar refractivity (Wildman–Crippen MR) is 102 cm³/mol. The lowest BCUT2D eigenvalue weighted by atomic mass is 10.1. The fourth-order valence-electron chi connectivity index (χ4n) is 4.04. The smallest absolute Gasteiger partial charge is 0.255 e. The molecule has 0 spiro atoms. The quantitative estimate of drug-likeness (QED) is 0.898. The van der Waals surface area contributed by atoms with E-state index in [1.165, 1.54) is 55.5 Å². The van der Waals surface area contributed by atoms with Gasteiger partial charge >= 0.3 is 0 Å². The number of nitrogens with one attached hydrogen (secondary N) is 1. The Morgan fingerprint density at radius 2 is 1.76 bits per heavy atom. The molecule has 1 amide bonds. The van der Waals surface area contributed by atoms with Gasteiger partial charge in [-0.15, -0.1) is 0 Å². The summed E-state index contributed by atoms with van der Waals surface area (Å²) in [5.41, 5.74) is 5.67. The van der Waals surface area contributed by atoms with Gasteiger partial charge in [-0.05, 0) is 86.1 Å². The first-order valence-electron chi connectivity index (χ1n) is 9.52. The number of fused-ring (bicyclic) bond motifs is 1. The lowest BCUT2D eigenvalue weighted by Gasteiger charge is -2.26. The van der Waals surface area contributed by atoms with Gasteiger partial charge in [0.05, 0.1) is 0 Å². The third-order valence-corrected chi connectivity index (χ3v) is 5.40. The van der Waals surface area contributed by atoms with E-state index in [0.717, 1.165) is 30.6 Å². The molecule has 130 valence electrons. The zero-order valence-electron chi connectivity index (χ0n) is 14.8. The first-order chi connectivity index (χ1) is 12.3. The summed E-state index contributed by atoms with van der Waals surface area (Å²) >= 11 is 0. The molecule has 0 bridgehead atoms. The largest absolute Gasteiger partial charge is 0.322 e. The maximum Gasteiger partial charge on any atom is 0.255 e. The Morgan fingerprint density at radius 1 is 0.920 bits per heavy atom. The lowest BCUT2D eigenvalue weighted by molar-refractivity contribution is 0.102. The molecule has 1 saturated heterocycles. The molecule has 1 aliphatic heterocycles. The van der Waals surface area contributed by atoms with Gasteiger partial charge < -0.3 is 5.32 Å². The predicted octanol–water partition coefficient (Wildman–Crippen LogP) is 4.41. The molecule has 0 aromatic heterocycles. The van der Waals surface area contributed by atoms with Crippen LogP contribution in [-0.2, 0) is 19.4 Å². The summed E-state index contributed by atoms with van der Waals surface area (Å²) in [7, 11) is 0. The SMILES string of the molecule is O=C(Nc1cccc(CN2CCCCC2)c1)c1ccc2c(c1)CCC2. The van der Waals surface area contributed by atoms with Gasteiger partial charge in [-0.1, -0.05) is 24.6 Å². The molecule has 0 unspecified atom stereocenters. The highest BCUT2D eigenvalue weighted by Gasteiger charge is 2.15. The lowest BCUT2D eigenvalue weighted by Crippen LogP contribution is -2.29. The molecule has 4 rings (SSSR count). The summed E-state index contributed by atoms with van der Waals surface area (Å²) in [5, 5.41) is 3.07. The zero-order valence-corrected chi connectivity index (χ0v) is 14.8. The second kappa shape index (κ2) is 7.40. The van der Waals surface area contributed by atoms with Gasteiger partial charge in [-0.25, -0.2) is 0 Å². The minimum atomic E-state index is -0.00942. The molecule has 2 aromatic rings. The summed E-state index contributed by atoms with van der Waals surface area (Å²) in [6.07, 6.45) is 7.41. The second-order valence-electron chi connectivity index (χ2n) is 7.33. The molecule has 0 atom stereocenters. The van der Waals surface area contributed by atoms with Crippen molar-refractivity contribution in [1.82, 2.24) is 4.90 Å². The molecule has 1 fully saturated rings. The molecular formula is C22H26N2O. The molecule has 1 heterocycles. The summed E-state index contributed by atoms with van der Waals surface area (Å²) in [5.74, 6) is -0.00942. The fourth-order valence-corrected chi connectivity index (χ4v) is 4.04. The summed E-state index contributed by atoms with van der Waals surface area (Å²) in [6.45, 7) is 3.35. The number of benzene rings is 2. The van der Waals surface area contributed by atoms with E-state index in [2.05, 4.69) is 34.5 Å². The Kier molecular flexibility index (Phi) is 4.84. The van der Waals surface area contributed by atoms with Crippen LogP contribution in [0.1, 0.15) is 52.7 Å². The number of rotatable bonds is 4. The van der Waals surface area contributed by atoms with Gasteiger partial charge in [0.1, 0.15) is 0 Å². The van der Waals surface area contributed by atoms with E-state index in [9.17, 15) is 4.79 Å². The van der Waals surface area contributed by atoms with Crippen LogP contribution in [0.4, 0.5) is 5.69 Å². The van der Waals surface area contributed by atoms with Crippen LogP contribution in [0.3, 0.4) is 0 Å². The number of nitrogens with zero attached hydrogens (tertiary/aromatic N) is 1. The van der Waals surface area contributed by atoms with Crippen LogP contribution >= 0.6 is 0 Å². The Labute approximate surface area is 150 Å². The van der Waals surface area contributed by atoms with Crippen molar-refractivity contribution in [3.63, 3.8) is 0 Å². The highest BCUT2D eigenvalue weighted by molar-refractivity contribution is 6.04. The Morgan fingerprint density at radius 3 is 2.64 bits per heavy atom. The average Bonchev–Trinajstić information content (AvgIpc) is 3.10. The number of piperidine rings is 1. The summed E-state index contributed by atoms with van der Waals surface area (Å²) < 4.78 is 0. The van der Waals surface area contributed by atoms with Gasteiger partial charge in [-0.2, -0.15) is 0 Å². The van der Waals surface area contributed by atoms with Crippen LogP contribution < -0.4 is 5.32 Å². The molecule has 3 heteroatoms. The molecule has 2 aliphatic rings. The van der Waals surface area contributed by atoms with E-state index in [1.54, 1.807) is 0 Å². The molecule has 0 radical (unpaired) electrons. The van der Waals surface area contributed by atoms with Crippen LogP contribution in [-0.4, -0.2) is 23.9 Å². The van der Waals surface area contributed by atoms with Crippen molar-refractivity contribution >= 4 is 11.6 Å². The van der Waals surface area contributed by atoms with Crippen LogP contribution in [0.25, 0.3) is 0 Å². The summed E-state index contributed by atoms with van der Waals surface area (Å²) in [6, 6.07) is 14.4. The van der Waals surface area contributed by atoms with E-state index >= 15 is 0 Å². The van der Waals surface area contributed by atoms with Gasteiger partial charge in [0.15, 0.2) is 0 Å². The minimum absolute atomic E-state index is 0.00942. The van der Waals surface area contributed by atoms with Crippen molar-refractivity contribution in [3.8, 4) is 0 Å². The first-order valence-corrected chi connectivity index (χ1v) is 9.52. The first kappa shape index (κ1) is 16.3. The Bertz CT molecular complexity index is 762. The maximum absolute atomic E-state index is 12.6. The van der Waals surface area contributed by atoms with Crippen molar-refractivity contribution in [2.24, 2.45) is 0 Å². The number of aryl methyl sites for hydroxylation is 2. The summed E-state index contributed by atoms with van der Waals surface area (Å²) in [4.78, 5) is 15.1. The minimum Gasteiger partial charge on any atom is -0.322 e. The van der Waals surface area contributed by atoms with Crippen molar-refractivity contribution in [3.05, 3.63) is 64.7 Å². The maximum atomic E-state index is 12.6. The number of anilines is 1. The highest BCUT2D eigenvalue weighted by atomic mass is 16.1. The number of carbonyl (C=O) groups excluding carboxylic acids is 1. The Hall–Kier alpha value is -2.13. The van der Waals surface area contributed by atoms with Crippen LogP contribution in [0.5, 0.6) is 0 Å². The zero-order chi connectivity index (χ0) is 17.1. The van der Waals surface area contributed by atoms with Crippen LogP contribution in [0.15, 0.2) is 42.5 Å². The van der Waals surface area contributed by atoms with Gasteiger partial charge in [0, 0.05) is 17.8 Å². The monoisotopic (exact) mass is 334 g/mol. The molecule has 1 N–H and O–H groups in total. The van der Waals surface area contributed by atoms with Crippen molar-refractivity contribution in [2.75, 3.05) is 18.4 Å². The van der Waals surface area contributed by atoms with Crippen molar-refractivity contribution < 1.29 is 4.79 Å². The number of hydrogen-bond acceptors (Lipinski definition) is 2. The topological polar surface area (TPSA) is 32.3 Å². The molecule has 2 aromatic carbocycles. The molecule has 0 saturated carbocycles. The number of amides is 1. The van der Waals surface area contributed by atoms with E-state index in [0.29, 0.717) is 0 Å². The third-order valence-electron chi connectivity index (χ3n) is 5.40. The van der Waals surface area contributed by atoms with E-state index in [4.69, 9.17) is 0 Å². The van der Waals surface area contributed by atoms with Gasteiger partial charge in [0.25, 0.3) is 5.91 Å². The van der Waals surface area contributed by atoms with Crippen molar-refractivity contribution in [1.29, 1.82) is 0 Å². The third kappa shape index (κ3) is 3.93. The van der Waals surface area contributed by atoms with Crippen molar-refractivity contribution in [2.45, 2.75) is 45.1 Å². The van der Waals surface area contributed by atoms with Crippen LogP contribution in [0, 0.1) is 0 Å². The van der Waals surface area contributed by atoms with Crippen LogP contribution in [0.2, 0.25) is 0 Å². The molecule has 1 aliphatic carbocycles. The van der Waals surface area contributed by atoms with E-state index < -0.39 is 0 Å². The van der Waals surface area contributed by atoms with Gasteiger partial charge in [-0.3, -0.25) is 9.69 Å². The number of likely N-dealkylation sites (tertiary alicyclic amines) is 1. The standard InChI is InChI=1S/C22H26N2O/c25-22(20-11-10-18-7-5-8-19(18)15-20)23-21-9-4-6-17(14-21)16-24-12-2-1-3-13-24/h4,6,9-11,14-15H,1-3,5,7-8,12-13,16H2,(H,23,25). The van der Waals surface area contributed by atoms with E-state index in [-0.39, 0.29) is 5.91 Å². The molecule has 3 nitrogen and oxygen atoms in total. The highest BCUT2D eigenvalue weighted by Crippen LogP contribution is 2.23. The molecular weight excluding hydrogens is 308 g/mol. The number of hydrogen-bond donors (Lipinski definition) is 1. The fraction of sp³-hybridized carbons (Fsp3) is 0.409. The van der Waals surface area contributed by atoms with E-state index in [1.807, 2.05) is 18.2 Å².